The van der Waals surface area contributed by atoms with Crippen LogP contribution in [-0.2, 0) is 16.0 Å². The van der Waals surface area contributed by atoms with E-state index in [1.165, 1.54) is 4.90 Å². The minimum atomic E-state index is -1.54. The van der Waals surface area contributed by atoms with E-state index >= 15 is 0 Å². The number of amides is 2. The Bertz CT molecular complexity index is 710. The summed E-state index contributed by atoms with van der Waals surface area (Å²) in [4.78, 5) is 38.2. The molecule has 1 fully saturated rings. The van der Waals surface area contributed by atoms with Gasteiger partial charge in [-0.15, -0.1) is 0 Å². The van der Waals surface area contributed by atoms with Crippen molar-refractivity contribution < 1.29 is 24.2 Å². The quantitative estimate of drug-likeness (QED) is 0.858. The number of aliphatic carboxylic acids is 1. The van der Waals surface area contributed by atoms with Crippen LogP contribution in [0, 0.1) is 0 Å². The standard InChI is InChI=1S/C19H26N2O5/c1-5-13-8-6-7-9-14(13)15(22)21-11-10-19(12-21,16(23)24)20-17(25)26-18(2,3)4/h6-9H,5,10-12H2,1-4H3,(H,20,25)(H,23,24). The van der Waals surface area contributed by atoms with Crippen LogP contribution in [0.5, 0.6) is 0 Å². The highest BCUT2D eigenvalue weighted by atomic mass is 16.6. The van der Waals surface area contributed by atoms with Gasteiger partial charge in [0.15, 0.2) is 5.54 Å². The molecule has 0 spiro atoms. The van der Waals surface area contributed by atoms with Gasteiger partial charge in [0.2, 0.25) is 0 Å². The van der Waals surface area contributed by atoms with Gasteiger partial charge < -0.3 is 20.1 Å². The summed E-state index contributed by atoms with van der Waals surface area (Å²) in [5, 5.41) is 12.1. The number of carbonyl (C=O) groups excluding carboxylic acids is 2. The van der Waals surface area contributed by atoms with Crippen molar-refractivity contribution in [1.82, 2.24) is 10.2 Å². The molecule has 7 nitrogen and oxygen atoms in total. The molecule has 7 heteroatoms. The Morgan fingerprint density at radius 1 is 1.27 bits per heavy atom. The van der Waals surface area contributed by atoms with Crippen molar-refractivity contribution in [3.05, 3.63) is 35.4 Å². The molecule has 0 aliphatic carbocycles. The minimum Gasteiger partial charge on any atom is -0.479 e. The van der Waals surface area contributed by atoms with Gasteiger partial charge in [-0.1, -0.05) is 25.1 Å². The molecule has 0 radical (unpaired) electrons. The van der Waals surface area contributed by atoms with E-state index in [1.54, 1.807) is 32.9 Å². The summed E-state index contributed by atoms with van der Waals surface area (Å²) < 4.78 is 5.17. The first-order valence-electron chi connectivity index (χ1n) is 8.70. The van der Waals surface area contributed by atoms with Crippen molar-refractivity contribution in [1.29, 1.82) is 0 Å². The Labute approximate surface area is 153 Å². The molecule has 142 valence electrons. The van der Waals surface area contributed by atoms with Crippen LogP contribution in [0.1, 0.15) is 50.0 Å². The summed E-state index contributed by atoms with van der Waals surface area (Å²) in [5.41, 5.74) is -0.809. The Morgan fingerprint density at radius 3 is 2.50 bits per heavy atom. The van der Waals surface area contributed by atoms with Crippen molar-refractivity contribution >= 4 is 18.0 Å². The number of aryl methyl sites for hydroxylation is 1. The van der Waals surface area contributed by atoms with Gasteiger partial charge in [0.25, 0.3) is 5.91 Å². The molecule has 0 bridgehead atoms. The molecule has 1 aromatic carbocycles. The summed E-state index contributed by atoms with van der Waals surface area (Å²) in [5.74, 6) is -1.40. The first-order chi connectivity index (χ1) is 12.1. The summed E-state index contributed by atoms with van der Waals surface area (Å²) in [6.45, 7) is 7.21. The van der Waals surface area contributed by atoms with Crippen molar-refractivity contribution in [2.24, 2.45) is 0 Å². The Morgan fingerprint density at radius 2 is 1.92 bits per heavy atom. The zero-order valence-electron chi connectivity index (χ0n) is 15.7. The van der Waals surface area contributed by atoms with Crippen LogP contribution in [-0.4, -0.2) is 52.2 Å². The van der Waals surface area contributed by atoms with Gasteiger partial charge in [-0.3, -0.25) is 4.79 Å². The van der Waals surface area contributed by atoms with Crippen molar-refractivity contribution in [2.45, 2.75) is 51.7 Å². The van der Waals surface area contributed by atoms with E-state index < -0.39 is 23.2 Å². The molecule has 26 heavy (non-hydrogen) atoms. The fourth-order valence-corrected chi connectivity index (χ4v) is 3.02. The highest BCUT2D eigenvalue weighted by Gasteiger charge is 2.48. The first kappa shape index (κ1) is 19.8. The zero-order valence-corrected chi connectivity index (χ0v) is 15.7. The summed E-state index contributed by atoms with van der Waals surface area (Å²) in [6, 6.07) is 7.27. The van der Waals surface area contributed by atoms with E-state index in [-0.39, 0.29) is 25.4 Å². The molecular formula is C19H26N2O5. The smallest absolute Gasteiger partial charge is 0.408 e. The molecule has 1 aromatic rings. The van der Waals surface area contributed by atoms with Crippen molar-refractivity contribution in [3.63, 3.8) is 0 Å². The van der Waals surface area contributed by atoms with Gasteiger partial charge in [-0.25, -0.2) is 9.59 Å². The molecule has 1 aliphatic heterocycles. The molecule has 1 saturated heterocycles. The summed E-state index contributed by atoms with van der Waals surface area (Å²) >= 11 is 0. The third-order valence-corrected chi connectivity index (χ3v) is 4.33. The number of benzene rings is 1. The van der Waals surface area contributed by atoms with Gasteiger partial charge in [0, 0.05) is 18.5 Å². The summed E-state index contributed by atoms with van der Waals surface area (Å²) in [7, 11) is 0. The van der Waals surface area contributed by atoms with Crippen LogP contribution in [0.2, 0.25) is 0 Å². The Balaban J connectivity index is 2.17. The maximum Gasteiger partial charge on any atom is 0.408 e. The number of hydrogen-bond donors (Lipinski definition) is 2. The monoisotopic (exact) mass is 362 g/mol. The molecule has 0 saturated carbocycles. The average molecular weight is 362 g/mol. The number of nitrogens with one attached hydrogen (secondary N) is 1. The van der Waals surface area contributed by atoms with E-state index in [2.05, 4.69) is 5.32 Å². The topological polar surface area (TPSA) is 95.9 Å². The fourth-order valence-electron chi connectivity index (χ4n) is 3.02. The number of alkyl carbamates (subject to hydrolysis) is 1. The lowest BCUT2D eigenvalue weighted by Crippen LogP contribution is -2.57. The SMILES string of the molecule is CCc1ccccc1C(=O)N1CCC(NC(=O)OC(C)(C)C)(C(=O)O)C1. The molecule has 1 unspecified atom stereocenters. The molecule has 1 aliphatic rings. The third-order valence-electron chi connectivity index (χ3n) is 4.33. The van der Waals surface area contributed by atoms with E-state index in [0.717, 1.165) is 5.56 Å². The second kappa shape index (κ2) is 7.35. The third kappa shape index (κ3) is 4.33. The number of ether oxygens (including phenoxy) is 1. The highest BCUT2D eigenvalue weighted by Crippen LogP contribution is 2.25. The van der Waals surface area contributed by atoms with Gasteiger partial charge in [0.1, 0.15) is 5.60 Å². The number of hydrogen-bond acceptors (Lipinski definition) is 4. The first-order valence-corrected chi connectivity index (χ1v) is 8.70. The number of carboxylic acids is 1. The van der Waals surface area contributed by atoms with Crippen LogP contribution in [0.4, 0.5) is 4.79 Å². The largest absolute Gasteiger partial charge is 0.479 e. The molecule has 0 aromatic heterocycles. The molecular weight excluding hydrogens is 336 g/mol. The lowest BCUT2D eigenvalue weighted by molar-refractivity contribution is -0.144. The van der Waals surface area contributed by atoms with Crippen LogP contribution >= 0.6 is 0 Å². The van der Waals surface area contributed by atoms with Crippen LogP contribution in [0.3, 0.4) is 0 Å². The number of rotatable bonds is 4. The lowest BCUT2D eigenvalue weighted by Gasteiger charge is -2.28. The predicted octanol–water partition coefficient (Wildman–Crippen LogP) is 2.44. The molecule has 2 amide bonds. The second-order valence-corrected chi connectivity index (χ2v) is 7.50. The second-order valence-electron chi connectivity index (χ2n) is 7.50. The highest BCUT2D eigenvalue weighted by molar-refractivity contribution is 5.97. The lowest BCUT2D eigenvalue weighted by atomic mass is 9.99. The maximum atomic E-state index is 12.8. The van der Waals surface area contributed by atoms with Gasteiger partial charge in [-0.2, -0.15) is 0 Å². The predicted molar refractivity (Wildman–Crippen MR) is 96.1 cm³/mol. The Kier molecular flexibility index (Phi) is 5.59. The maximum absolute atomic E-state index is 12.8. The van der Waals surface area contributed by atoms with Gasteiger partial charge in [-0.05, 0) is 38.8 Å². The normalized spacial score (nSPS) is 19.9. The molecule has 1 atom stereocenters. The van der Waals surface area contributed by atoms with Crippen LogP contribution in [0.15, 0.2) is 24.3 Å². The zero-order chi connectivity index (χ0) is 19.5. The number of carboxylic acid groups (broad SMARTS) is 1. The van der Waals surface area contributed by atoms with Crippen molar-refractivity contribution in [3.8, 4) is 0 Å². The van der Waals surface area contributed by atoms with Gasteiger partial charge >= 0.3 is 12.1 Å². The average Bonchev–Trinajstić information content (AvgIpc) is 2.97. The Hall–Kier alpha value is -2.57. The van der Waals surface area contributed by atoms with Crippen LogP contribution < -0.4 is 5.32 Å². The van der Waals surface area contributed by atoms with E-state index in [4.69, 9.17) is 4.74 Å². The minimum absolute atomic E-state index is 0.0988. The fraction of sp³-hybridized carbons (Fsp3) is 0.526. The number of likely N-dealkylation sites (tertiary alicyclic amines) is 1. The van der Waals surface area contributed by atoms with E-state index in [1.807, 2.05) is 19.1 Å². The number of carbonyl (C=O) groups is 3. The molecule has 2 rings (SSSR count). The molecule has 2 N–H and O–H groups in total. The van der Waals surface area contributed by atoms with Crippen molar-refractivity contribution in [2.75, 3.05) is 13.1 Å². The van der Waals surface area contributed by atoms with Crippen LogP contribution in [0.25, 0.3) is 0 Å². The van der Waals surface area contributed by atoms with E-state index in [9.17, 15) is 19.5 Å². The number of nitrogens with zero attached hydrogens (tertiary/aromatic N) is 1. The van der Waals surface area contributed by atoms with Gasteiger partial charge in [0.05, 0.1) is 6.54 Å². The summed E-state index contributed by atoms with van der Waals surface area (Å²) in [6.07, 6.45) is 0.0283. The van der Waals surface area contributed by atoms with E-state index in [0.29, 0.717) is 12.0 Å². The molecule has 1 heterocycles.